The van der Waals surface area contributed by atoms with Crippen LogP contribution < -0.4 is 14.8 Å². The molecule has 3 aromatic carbocycles. The molecule has 4 rings (SSSR count). The van der Waals surface area contributed by atoms with Crippen molar-refractivity contribution in [3.63, 3.8) is 0 Å². The minimum atomic E-state index is -0.242. The largest absolute Gasteiger partial charge is 0.497 e. The second-order valence-corrected chi connectivity index (χ2v) is 8.71. The van der Waals surface area contributed by atoms with Crippen LogP contribution in [0.4, 0.5) is 5.69 Å². The summed E-state index contributed by atoms with van der Waals surface area (Å²) in [4.78, 5) is 12.9. The number of benzene rings is 3. The van der Waals surface area contributed by atoms with Crippen LogP contribution in [-0.4, -0.2) is 19.6 Å². The lowest BCUT2D eigenvalue weighted by Crippen LogP contribution is -2.10. The molecule has 0 fully saturated rings. The van der Waals surface area contributed by atoms with E-state index in [1.807, 2.05) is 70.2 Å². The summed E-state index contributed by atoms with van der Waals surface area (Å²) < 4.78 is 17.4. The fourth-order valence-corrected chi connectivity index (χ4v) is 4.31. The fourth-order valence-electron chi connectivity index (χ4n) is 4.14. The van der Waals surface area contributed by atoms with Crippen LogP contribution in [0.25, 0.3) is 27.7 Å². The molecule has 6 heteroatoms. The molecule has 0 saturated heterocycles. The highest BCUT2D eigenvalue weighted by molar-refractivity contribution is 6.31. The van der Waals surface area contributed by atoms with Gasteiger partial charge in [-0.1, -0.05) is 29.8 Å². The third-order valence-corrected chi connectivity index (χ3v) is 6.42. The molecule has 1 N–H and O–H groups in total. The number of hydrogen-bond acceptors (Lipinski definition) is 4. The molecule has 35 heavy (non-hydrogen) atoms. The molecule has 0 radical (unpaired) electrons. The highest BCUT2D eigenvalue weighted by atomic mass is 35.5. The standard InChI is InChI=1S/C29H28ClNO4/c1-6-34-28-19(4)29-23(24(16-35-29)20-9-7-10-21(14-20)33-5)15-22(28)17(2)13-27(32)31-26-12-8-11-25(30)18(26)3/h7-16H,6H2,1-5H3,(H,31,32)/b17-13+. The summed E-state index contributed by atoms with van der Waals surface area (Å²) in [6.45, 7) is 8.17. The zero-order valence-electron chi connectivity index (χ0n) is 20.5. The number of allylic oxidation sites excluding steroid dienone is 1. The number of methoxy groups -OCH3 is 1. The van der Waals surface area contributed by atoms with E-state index in [-0.39, 0.29) is 5.91 Å². The van der Waals surface area contributed by atoms with Crippen LogP contribution in [0.5, 0.6) is 11.5 Å². The average Bonchev–Trinajstić information content (AvgIpc) is 3.28. The third kappa shape index (κ3) is 4.91. The van der Waals surface area contributed by atoms with Crippen LogP contribution in [0.3, 0.4) is 0 Å². The van der Waals surface area contributed by atoms with Crippen LogP contribution in [0, 0.1) is 13.8 Å². The molecule has 0 aliphatic rings. The molecule has 0 atom stereocenters. The SMILES string of the molecule is CCOc1c(/C(C)=C/C(=O)Nc2cccc(Cl)c2C)cc2c(-c3cccc(OC)c3)coc2c1C. The third-order valence-electron chi connectivity index (χ3n) is 6.01. The Balaban J connectivity index is 1.79. The number of ether oxygens (including phenoxy) is 2. The first-order valence-electron chi connectivity index (χ1n) is 11.4. The Labute approximate surface area is 210 Å². The van der Waals surface area contributed by atoms with Crippen molar-refractivity contribution < 1.29 is 18.7 Å². The van der Waals surface area contributed by atoms with Crippen LogP contribution in [0.15, 0.2) is 65.3 Å². The number of carbonyl (C=O) groups is 1. The predicted octanol–water partition coefficient (Wildman–Crippen LogP) is 7.82. The number of fused-ring (bicyclic) bond motifs is 1. The van der Waals surface area contributed by atoms with Crippen molar-refractivity contribution in [1.82, 2.24) is 0 Å². The Kier molecular flexibility index (Phi) is 7.17. The lowest BCUT2D eigenvalue weighted by Gasteiger charge is -2.15. The second kappa shape index (κ2) is 10.3. The van der Waals surface area contributed by atoms with Crippen LogP contribution in [0.1, 0.15) is 30.5 Å². The number of halogens is 1. The minimum Gasteiger partial charge on any atom is -0.497 e. The topological polar surface area (TPSA) is 60.7 Å². The van der Waals surface area contributed by atoms with E-state index in [9.17, 15) is 4.79 Å². The lowest BCUT2D eigenvalue weighted by atomic mass is 9.96. The molecule has 1 aromatic heterocycles. The quantitative estimate of drug-likeness (QED) is 0.269. The Morgan fingerprint density at radius 1 is 1.11 bits per heavy atom. The number of amides is 1. The molecule has 180 valence electrons. The molecule has 0 bridgehead atoms. The molecular weight excluding hydrogens is 462 g/mol. The smallest absolute Gasteiger partial charge is 0.248 e. The monoisotopic (exact) mass is 489 g/mol. The second-order valence-electron chi connectivity index (χ2n) is 8.30. The molecule has 0 unspecified atom stereocenters. The molecule has 5 nitrogen and oxygen atoms in total. The highest BCUT2D eigenvalue weighted by Gasteiger charge is 2.19. The van der Waals surface area contributed by atoms with Gasteiger partial charge in [0.1, 0.15) is 17.1 Å². The van der Waals surface area contributed by atoms with Crippen molar-refractivity contribution in [1.29, 1.82) is 0 Å². The molecule has 4 aromatic rings. The van der Waals surface area contributed by atoms with E-state index >= 15 is 0 Å². The first kappa shape index (κ1) is 24.4. The molecule has 0 aliphatic heterocycles. The summed E-state index contributed by atoms with van der Waals surface area (Å²) in [5.74, 6) is 1.23. The van der Waals surface area contributed by atoms with E-state index in [0.29, 0.717) is 23.1 Å². The molecule has 1 amide bonds. The van der Waals surface area contributed by atoms with Crippen molar-refractivity contribution in [3.8, 4) is 22.6 Å². The molecule has 0 aliphatic carbocycles. The van der Waals surface area contributed by atoms with Gasteiger partial charge in [-0.3, -0.25) is 4.79 Å². The molecule has 1 heterocycles. The van der Waals surface area contributed by atoms with Crippen molar-refractivity contribution in [2.75, 3.05) is 19.0 Å². The number of anilines is 1. The Morgan fingerprint density at radius 3 is 2.63 bits per heavy atom. The van der Waals surface area contributed by atoms with E-state index in [4.69, 9.17) is 25.5 Å². The van der Waals surface area contributed by atoms with Crippen molar-refractivity contribution >= 4 is 39.7 Å². The van der Waals surface area contributed by atoms with Crippen LogP contribution in [-0.2, 0) is 4.79 Å². The van der Waals surface area contributed by atoms with Crippen LogP contribution in [0.2, 0.25) is 5.02 Å². The first-order valence-corrected chi connectivity index (χ1v) is 11.8. The molecule has 0 spiro atoms. The zero-order chi connectivity index (χ0) is 25.1. The van der Waals surface area contributed by atoms with Crippen LogP contribution >= 0.6 is 11.6 Å². The van der Waals surface area contributed by atoms with Gasteiger partial charge in [-0.15, -0.1) is 0 Å². The summed E-state index contributed by atoms with van der Waals surface area (Å²) >= 11 is 6.20. The van der Waals surface area contributed by atoms with Gasteiger partial charge < -0.3 is 19.2 Å². The lowest BCUT2D eigenvalue weighted by molar-refractivity contribution is -0.111. The Bertz CT molecular complexity index is 1430. The van der Waals surface area contributed by atoms with Crippen molar-refractivity contribution in [2.24, 2.45) is 0 Å². The summed E-state index contributed by atoms with van der Waals surface area (Å²) in [6, 6.07) is 15.3. The van der Waals surface area contributed by atoms with Crippen molar-refractivity contribution in [2.45, 2.75) is 27.7 Å². The maximum absolute atomic E-state index is 12.9. The molecular formula is C29H28ClNO4. The van der Waals surface area contributed by atoms with Gasteiger partial charge in [0.2, 0.25) is 5.91 Å². The maximum atomic E-state index is 12.9. The van der Waals surface area contributed by atoms with E-state index < -0.39 is 0 Å². The fraction of sp³-hybridized carbons (Fsp3) is 0.207. The summed E-state index contributed by atoms with van der Waals surface area (Å²) in [6.07, 6.45) is 3.33. The number of hydrogen-bond donors (Lipinski definition) is 1. The van der Waals surface area contributed by atoms with Gasteiger partial charge in [0.25, 0.3) is 0 Å². The Morgan fingerprint density at radius 2 is 1.89 bits per heavy atom. The van der Waals surface area contributed by atoms with Gasteiger partial charge >= 0.3 is 0 Å². The van der Waals surface area contributed by atoms with E-state index in [1.54, 1.807) is 25.5 Å². The summed E-state index contributed by atoms with van der Waals surface area (Å²) in [7, 11) is 1.65. The summed E-state index contributed by atoms with van der Waals surface area (Å²) in [5, 5.41) is 4.47. The van der Waals surface area contributed by atoms with E-state index in [1.165, 1.54) is 0 Å². The van der Waals surface area contributed by atoms with E-state index in [2.05, 4.69) is 5.32 Å². The van der Waals surface area contributed by atoms with Gasteiger partial charge in [0, 0.05) is 38.9 Å². The van der Waals surface area contributed by atoms with Gasteiger partial charge in [-0.05, 0) is 74.7 Å². The Hall–Kier alpha value is -3.70. The zero-order valence-corrected chi connectivity index (χ0v) is 21.2. The highest BCUT2D eigenvalue weighted by Crippen LogP contribution is 2.41. The predicted molar refractivity (Wildman–Crippen MR) is 143 cm³/mol. The van der Waals surface area contributed by atoms with Gasteiger partial charge in [-0.25, -0.2) is 0 Å². The number of furan rings is 1. The summed E-state index contributed by atoms with van der Waals surface area (Å²) in [5.41, 5.74) is 6.66. The van der Waals surface area contributed by atoms with Gasteiger partial charge in [-0.2, -0.15) is 0 Å². The maximum Gasteiger partial charge on any atom is 0.248 e. The van der Waals surface area contributed by atoms with E-state index in [0.717, 1.165) is 50.1 Å². The number of nitrogens with one attached hydrogen (secondary N) is 1. The normalized spacial score (nSPS) is 11.5. The molecule has 0 saturated carbocycles. The number of aryl methyl sites for hydroxylation is 1. The van der Waals surface area contributed by atoms with Gasteiger partial charge in [0.15, 0.2) is 0 Å². The average molecular weight is 490 g/mol. The van der Waals surface area contributed by atoms with Gasteiger partial charge in [0.05, 0.1) is 20.0 Å². The number of rotatable bonds is 7. The number of carbonyl (C=O) groups excluding carboxylic acids is 1. The minimum absolute atomic E-state index is 0.242. The first-order chi connectivity index (χ1) is 16.8. The van der Waals surface area contributed by atoms with Crippen molar-refractivity contribution in [3.05, 3.63) is 82.6 Å².